The van der Waals surface area contributed by atoms with E-state index in [-0.39, 0.29) is 28.9 Å². The summed E-state index contributed by atoms with van der Waals surface area (Å²) < 4.78 is 0. The number of nitrogens with zero attached hydrogens (tertiary/aromatic N) is 1. The number of hydrogen-bond donors (Lipinski definition) is 4. The molecule has 1 aliphatic heterocycles. The van der Waals surface area contributed by atoms with Crippen molar-refractivity contribution in [1.29, 1.82) is 5.41 Å². The fourth-order valence-corrected chi connectivity index (χ4v) is 3.39. The molecule has 0 saturated carbocycles. The maximum Gasteiger partial charge on any atom is 0.335 e. The van der Waals surface area contributed by atoms with Crippen molar-refractivity contribution < 1.29 is 19.5 Å². The SMILES string of the molecule is CC(N)c1ccccc1.N=C(N)SC1CC(=O)N(c2cccc(C(=O)O)c2)C1=O. The van der Waals surface area contributed by atoms with Crippen LogP contribution in [0, 0.1) is 5.41 Å². The van der Waals surface area contributed by atoms with Gasteiger partial charge in [0, 0.05) is 12.5 Å². The monoisotopic (exact) mass is 414 g/mol. The molecule has 0 aromatic heterocycles. The highest BCUT2D eigenvalue weighted by atomic mass is 32.2. The minimum absolute atomic E-state index is 0.00855. The van der Waals surface area contributed by atoms with E-state index in [1.807, 2.05) is 37.3 Å². The molecule has 29 heavy (non-hydrogen) atoms. The molecule has 1 saturated heterocycles. The first-order chi connectivity index (χ1) is 13.7. The van der Waals surface area contributed by atoms with E-state index in [1.165, 1.54) is 29.8 Å². The van der Waals surface area contributed by atoms with Crippen LogP contribution in [-0.4, -0.2) is 33.3 Å². The number of hydrogen-bond acceptors (Lipinski definition) is 6. The summed E-state index contributed by atoms with van der Waals surface area (Å²) in [6, 6.07) is 15.8. The molecular formula is C20H22N4O4S. The van der Waals surface area contributed by atoms with Crippen LogP contribution in [-0.2, 0) is 9.59 Å². The smallest absolute Gasteiger partial charge is 0.335 e. The lowest BCUT2D eigenvalue weighted by atomic mass is 10.1. The Bertz CT molecular complexity index is 918. The number of nitrogens with two attached hydrogens (primary N) is 2. The van der Waals surface area contributed by atoms with Gasteiger partial charge in [-0.3, -0.25) is 15.0 Å². The summed E-state index contributed by atoms with van der Waals surface area (Å²) in [6.07, 6.45) is -0.0552. The van der Waals surface area contributed by atoms with Crippen molar-refractivity contribution in [3.8, 4) is 0 Å². The van der Waals surface area contributed by atoms with Crippen molar-refractivity contribution in [1.82, 2.24) is 0 Å². The summed E-state index contributed by atoms with van der Waals surface area (Å²) in [4.78, 5) is 35.9. The molecule has 2 atom stereocenters. The van der Waals surface area contributed by atoms with Crippen molar-refractivity contribution >= 4 is 40.4 Å². The molecule has 3 rings (SSSR count). The Balaban J connectivity index is 0.000000278. The number of carboxylic acid groups (broad SMARTS) is 1. The third kappa shape index (κ3) is 5.90. The predicted octanol–water partition coefficient (Wildman–Crippen LogP) is 2.35. The van der Waals surface area contributed by atoms with Crippen molar-refractivity contribution in [3.63, 3.8) is 0 Å². The first kappa shape index (κ1) is 22.1. The number of amides is 2. The topological polar surface area (TPSA) is 151 Å². The quantitative estimate of drug-likeness (QED) is 0.340. The minimum atomic E-state index is -1.14. The van der Waals surface area contributed by atoms with Gasteiger partial charge in [0.05, 0.1) is 11.3 Å². The van der Waals surface area contributed by atoms with Crippen LogP contribution < -0.4 is 16.4 Å². The lowest BCUT2D eigenvalue weighted by Crippen LogP contribution is -2.31. The fraction of sp³-hybridized carbons (Fsp3) is 0.200. The Morgan fingerprint density at radius 2 is 1.86 bits per heavy atom. The average molecular weight is 414 g/mol. The van der Waals surface area contributed by atoms with E-state index in [0.29, 0.717) is 0 Å². The zero-order chi connectivity index (χ0) is 21.6. The second-order valence-electron chi connectivity index (χ2n) is 6.30. The summed E-state index contributed by atoms with van der Waals surface area (Å²) >= 11 is 0.816. The number of carbonyl (C=O) groups is 3. The Kier molecular flexibility index (Phi) is 7.52. The molecular weight excluding hydrogens is 392 g/mol. The highest BCUT2D eigenvalue weighted by Crippen LogP contribution is 2.29. The Hall–Kier alpha value is -3.17. The molecule has 2 unspecified atom stereocenters. The fourth-order valence-electron chi connectivity index (χ4n) is 2.66. The van der Waals surface area contributed by atoms with Gasteiger partial charge in [-0.05, 0) is 30.7 Å². The third-order valence-electron chi connectivity index (χ3n) is 4.05. The van der Waals surface area contributed by atoms with Gasteiger partial charge in [0.1, 0.15) is 5.25 Å². The number of carbonyl (C=O) groups excluding carboxylic acids is 2. The summed E-state index contributed by atoms with van der Waals surface area (Å²) in [5.74, 6) is -2.06. The van der Waals surface area contributed by atoms with Crippen molar-refractivity contribution in [2.75, 3.05) is 4.90 Å². The highest BCUT2D eigenvalue weighted by molar-refractivity contribution is 8.14. The van der Waals surface area contributed by atoms with Crippen LogP contribution >= 0.6 is 11.8 Å². The van der Waals surface area contributed by atoms with E-state index in [9.17, 15) is 14.4 Å². The number of anilines is 1. The number of carboxylic acids is 1. The lowest BCUT2D eigenvalue weighted by molar-refractivity contribution is -0.121. The van der Waals surface area contributed by atoms with Crippen molar-refractivity contribution in [2.24, 2.45) is 11.5 Å². The van der Waals surface area contributed by atoms with Crippen LogP contribution in [0.2, 0.25) is 0 Å². The maximum atomic E-state index is 12.1. The van der Waals surface area contributed by atoms with E-state index in [4.69, 9.17) is 22.0 Å². The molecule has 0 radical (unpaired) electrons. The first-order valence-electron chi connectivity index (χ1n) is 8.72. The molecule has 9 heteroatoms. The number of aromatic carboxylic acids is 1. The third-order valence-corrected chi connectivity index (χ3v) is 4.96. The minimum Gasteiger partial charge on any atom is -0.478 e. The van der Waals surface area contributed by atoms with Gasteiger partial charge in [0.15, 0.2) is 5.17 Å². The summed E-state index contributed by atoms with van der Waals surface area (Å²) in [5, 5.41) is 15.1. The summed E-state index contributed by atoms with van der Waals surface area (Å²) in [6.45, 7) is 1.98. The van der Waals surface area contributed by atoms with Gasteiger partial charge in [-0.1, -0.05) is 48.2 Å². The van der Waals surface area contributed by atoms with Gasteiger partial charge < -0.3 is 16.6 Å². The molecule has 0 spiro atoms. The molecule has 6 N–H and O–H groups in total. The molecule has 0 aliphatic carbocycles. The predicted molar refractivity (Wildman–Crippen MR) is 113 cm³/mol. The summed E-state index contributed by atoms with van der Waals surface area (Å²) in [7, 11) is 0. The summed E-state index contributed by atoms with van der Waals surface area (Å²) in [5.41, 5.74) is 12.2. The molecule has 1 heterocycles. The number of rotatable bonds is 4. The number of imide groups is 1. The van der Waals surface area contributed by atoms with E-state index >= 15 is 0 Å². The normalized spacial score (nSPS) is 16.8. The van der Waals surface area contributed by atoms with Gasteiger partial charge in [0.25, 0.3) is 0 Å². The number of benzene rings is 2. The molecule has 1 aliphatic rings. The lowest BCUT2D eigenvalue weighted by Gasteiger charge is -2.15. The zero-order valence-corrected chi connectivity index (χ0v) is 16.6. The molecule has 1 fully saturated rings. The Morgan fingerprint density at radius 3 is 2.38 bits per heavy atom. The molecule has 2 aromatic carbocycles. The average Bonchev–Trinajstić information content (AvgIpc) is 2.95. The van der Waals surface area contributed by atoms with Gasteiger partial charge in [-0.2, -0.15) is 0 Å². The molecule has 2 amide bonds. The van der Waals surface area contributed by atoms with Gasteiger partial charge in [-0.25, -0.2) is 9.69 Å². The first-order valence-corrected chi connectivity index (χ1v) is 9.60. The number of nitrogens with one attached hydrogen (secondary N) is 1. The Labute approximate surface area is 172 Å². The zero-order valence-electron chi connectivity index (χ0n) is 15.7. The standard InChI is InChI=1S/C12H11N3O4S.C8H11N/c13-12(14)20-8-5-9(16)15(10(8)17)7-3-1-2-6(4-7)11(18)19;1-7(9)8-5-3-2-4-6-8/h1-4,8H,5H2,(H3,13,14)(H,18,19);2-7H,9H2,1H3. The number of amidine groups is 1. The largest absolute Gasteiger partial charge is 0.478 e. The van der Waals surface area contributed by atoms with Crippen LogP contribution in [0.4, 0.5) is 5.69 Å². The van der Waals surface area contributed by atoms with Crippen molar-refractivity contribution in [3.05, 3.63) is 65.7 Å². The van der Waals surface area contributed by atoms with Gasteiger partial charge >= 0.3 is 5.97 Å². The number of thioether (sulfide) groups is 1. The maximum absolute atomic E-state index is 12.1. The second-order valence-corrected chi connectivity index (χ2v) is 7.54. The van der Waals surface area contributed by atoms with E-state index < -0.39 is 23.0 Å². The van der Waals surface area contributed by atoms with Crippen LogP contribution in [0.5, 0.6) is 0 Å². The van der Waals surface area contributed by atoms with E-state index in [1.54, 1.807) is 0 Å². The molecule has 0 bridgehead atoms. The van der Waals surface area contributed by atoms with E-state index in [2.05, 4.69) is 0 Å². The molecule has 152 valence electrons. The van der Waals surface area contributed by atoms with Crippen LogP contribution in [0.15, 0.2) is 54.6 Å². The van der Waals surface area contributed by atoms with Crippen LogP contribution in [0.1, 0.15) is 35.3 Å². The van der Waals surface area contributed by atoms with Crippen LogP contribution in [0.3, 0.4) is 0 Å². The Morgan fingerprint density at radius 1 is 1.21 bits per heavy atom. The molecule has 2 aromatic rings. The van der Waals surface area contributed by atoms with Gasteiger partial charge in [-0.15, -0.1) is 0 Å². The van der Waals surface area contributed by atoms with Crippen molar-refractivity contribution in [2.45, 2.75) is 24.6 Å². The second kappa shape index (κ2) is 9.85. The van der Waals surface area contributed by atoms with E-state index in [0.717, 1.165) is 16.7 Å². The van der Waals surface area contributed by atoms with Gasteiger partial charge in [0.2, 0.25) is 11.8 Å². The molecule has 8 nitrogen and oxygen atoms in total. The highest BCUT2D eigenvalue weighted by Gasteiger charge is 2.40. The van der Waals surface area contributed by atoms with Crippen LogP contribution in [0.25, 0.3) is 0 Å².